The van der Waals surface area contributed by atoms with Crippen molar-refractivity contribution >= 4 is 11.8 Å². The van der Waals surface area contributed by atoms with E-state index in [1.54, 1.807) is 0 Å². The van der Waals surface area contributed by atoms with Crippen LogP contribution in [0.2, 0.25) is 0 Å². The molecule has 0 radical (unpaired) electrons. The van der Waals surface area contributed by atoms with Crippen molar-refractivity contribution in [3.8, 4) is 5.75 Å². The van der Waals surface area contributed by atoms with E-state index in [1.165, 1.54) is 18.2 Å². The van der Waals surface area contributed by atoms with Gasteiger partial charge >= 0.3 is 5.97 Å². The Morgan fingerprint density at radius 1 is 1.10 bits per heavy atom. The molecule has 0 aliphatic heterocycles. The lowest BCUT2D eigenvalue weighted by Crippen LogP contribution is -2.43. The van der Waals surface area contributed by atoms with E-state index in [2.05, 4.69) is 0 Å². The molecule has 8 nitrogen and oxygen atoms in total. The summed E-state index contributed by atoms with van der Waals surface area (Å²) in [5.74, 6) is -2.85. The number of carboxylic acids is 1. The Bertz CT molecular complexity index is 749. The number of carboxylic acid groups (broad SMARTS) is 1. The number of hydrogen-bond acceptors (Lipinski definition) is 7. The average molecular weight is 424 g/mol. The molecule has 0 spiro atoms. The SMILES string of the molecule is CC1CC(C)CC(C(O)Cc2cccc(O)c2C(=O)O)CC(=O)C(O)C(O)C(O)C1. The topological polar surface area (TPSA) is 156 Å². The van der Waals surface area contributed by atoms with E-state index in [0.29, 0.717) is 12.8 Å². The van der Waals surface area contributed by atoms with Gasteiger partial charge in [0.25, 0.3) is 0 Å². The Labute approximate surface area is 175 Å². The molecule has 1 aliphatic carbocycles. The van der Waals surface area contributed by atoms with Crippen LogP contribution in [0.5, 0.6) is 5.75 Å². The molecule has 0 amide bonds. The third-order valence-corrected chi connectivity index (χ3v) is 5.98. The fraction of sp³-hybridized carbons (Fsp3) is 0.636. The van der Waals surface area contributed by atoms with Crippen molar-refractivity contribution in [2.24, 2.45) is 17.8 Å². The number of ketones is 1. The van der Waals surface area contributed by atoms with E-state index in [0.717, 1.165) is 0 Å². The zero-order valence-electron chi connectivity index (χ0n) is 17.3. The molecule has 168 valence electrons. The molecule has 1 fully saturated rings. The quantitative estimate of drug-likeness (QED) is 0.420. The molecule has 1 aromatic rings. The molecule has 0 bridgehead atoms. The number of carbonyl (C=O) groups excluding carboxylic acids is 1. The van der Waals surface area contributed by atoms with Crippen LogP contribution in [-0.4, -0.2) is 66.8 Å². The van der Waals surface area contributed by atoms with Crippen molar-refractivity contribution in [1.29, 1.82) is 0 Å². The van der Waals surface area contributed by atoms with Gasteiger partial charge in [-0.25, -0.2) is 4.79 Å². The number of aliphatic hydroxyl groups is 4. The third kappa shape index (κ3) is 6.01. The van der Waals surface area contributed by atoms with Gasteiger partial charge in [0.1, 0.15) is 23.5 Å². The van der Waals surface area contributed by atoms with Crippen molar-refractivity contribution in [3.63, 3.8) is 0 Å². The predicted molar refractivity (Wildman–Crippen MR) is 108 cm³/mol. The Balaban J connectivity index is 2.28. The highest BCUT2D eigenvalue weighted by atomic mass is 16.4. The Hall–Kier alpha value is -2.00. The summed E-state index contributed by atoms with van der Waals surface area (Å²) in [6, 6.07) is 4.24. The molecule has 30 heavy (non-hydrogen) atoms. The summed E-state index contributed by atoms with van der Waals surface area (Å²) in [6.45, 7) is 3.88. The molecule has 8 heteroatoms. The summed E-state index contributed by atoms with van der Waals surface area (Å²) in [6.07, 6.45) is -4.58. The Morgan fingerprint density at radius 2 is 1.73 bits per heavy atom. The van der Waals surface area contributed by atoms with Crippen molar-refractivity contribution in [1.82, 2.24) is 0 Å². The zero-order valence-corrected chi connectivity index (χ0v) is 17.3. The number of rotatable bonds is 4. The van der Waals surface area contributed by atoms with Crippen LogP contribution in [0, 0.1) is 17.8 Å². The first kappa shape index (κ1) is 24.3. The second kappa shape index (κ2) is 10.3. The van der Waals surface area contributed by atoms with E-state index in [1.807, 2.05) is 13.8 Å². The molecule has 7 unspecified atom stereocenters. The average Bonchev–Trinajstić information content (AvgIpc) is 2.65. The fourth-order valence-corrected chi connectivity index (χ4v) is 4.50. The number of phenols is 1. The number of aromatic carboxylic acids is 1. The molecule has 0 saturated heterocycles. The van der Waals surface area contributed by atoms with Crippen LogP contribution < -0.4 is 0 Å². The van der Waals surface area contributed by atoms with E-state index >= 15 is 0 Å². The lowest BCUT2D eigenvalue weighted by Gasteiger charge is -2.27. The molecule has 0 heterocycles. The fourth-order valence-electron chi connectivity index (χ4n) is 4.50. The number of carbonyl (C=O) groups is 2. The number of aliphatic hydroxyl groups excluding tert-OH is 4. The van der Waals surface area contributed by atoms with Crippen LogP contribution in [-0.2, 0) is 11.2 Å². The van der Waals surface area contributed by atoms with Crippen molar-refractivity contribution in [2.45, 2.75) is 70.4 Å². The van der Waals surface area contributed by atoms with Gasteiger partial charge in [-0.1, -0.05) is 26.0 Å². The summed E-state index contributed by atoms with van der Waals surface area (Å²) in [5.41, 5.74) is -0.0476. The monoisotopic (exact) mass is 424 g/mol. The van der Waals surface area contributed by atoms with Crippen LogP contribution in [0.3, 0.4) is 0 Å². The molecule has 1 saturated carbocycles. The second-order valence-corrected chi connectivity index (χ2v) is 8.74. The van der Waals surface area contributed by atoms with Gasteiger partial charge in [-0.05, 0) is 55.1 Å². The first-order chi connectivity index (χ1) is 14.0. The zero-order chi connectivity index (χ0) is 22.6. The van der Waals surface area contributed by atoms with Crippen molar-refractivity contribution < 1.29 is 40.2 Å². The van der Waals surface area contributed by atoms with E-state index in [9.17, 15) is 40.2 Å². The number of benzene rings is 1. The molecule has 0 aromatic heterocycles. The van der Waals surface area contributed by atoms with Crippen LogP contribution in [0.4, 0.5) is 0 Å². The molecule has 1 aromatic carbocycles. The van der Waals surface area contributed by atoms with E-state index in [-0.39, 0.29) is 42.2 Å². The minimum Gasteiger partial charge on any atom is -0.507 e. The normalized spacial score (nSPS) is 32.3. The molecular formula is C22H32O8. The third-order valence-electron chi connectivity index (χ3n) is 5.98. The minimum absolute atomic E-state index is 0.0347. The van der Waals surface area contributed by atoms with Crippen molar-refractivity contribution in [3.05, 3.63) is 29.3 Å². The maximum Gasteiger partial charge on any atom is 0.339 e. The number of hydrogen-bond donors (Lipinski definition) is 6. The molecule has 6 N–H and O–H groups in total. The smallest absolute Gasteiger partial charge is 0.339 e. The largest absolute Gasteiger partial charge is 0.507 e. The first-order valence-corrected chi connectivity index (χ1v) is 10.3. The summed E-state index contributed by atoms with van der Waals surface area (Å²) in [5, 5.41) is 60.5. The molecule has 1 aliphatic rings. The highest BCUT2D eigenvalue weighted by Gasteiger charge is 2.35. The van der Waals surface area contributed by atoms with Gasteiger partial charge in [0.2, 0.25) is 0 Å². The van der Waals surface area contributed by atoms with Gasteiger partial charge in [0, 0.05) is 6.42 Å². The van der Waals surface area contributed by atoms with Gasteiger partial charge in [-0.15, -0.1) is 0 Å². The highest BCUT2D eigenvalue weighted by molar-refractivity contribution is 5.92. The molecular weight excluding hydrogens is 392 g/mol. The maximum atomic E-state index is 12.5. The summed E-state index contributed by atoms with van der Waals surface area (Å²) in [7, 11) is 0. The predicted octanol–water partition coefficient (Wildman–Crippen LogP) is 1.11. The summed E-state index contributed by atoms with van der Waals surface area (Å²) in [4.78, 5) is 24.0. The summed E-state index contributed by atoms with van der Waals surface area (Å²) >= 11 is 0. The Morgan fingerprint density at radius 3 is 2.37 bits per heavy atom. The number of aromatic hydroxyl groups is 1. The number of Topliss-reactive ketones (excluding diaryl/α,β-unsaturated/α-hetero) is 1. The van der Waals surface area contributed by atoms with Gasteiger partial charge in [-0.2, -0.15) is 0 Å². The highest BCUT2D eigenvalue weighted by Crippen LogP contribution is 2.31. The molecule has 7 atom stereocenters. The molecule has 2 rings (SSSR count). The van der Waals surface area contributed by atoms with Crippen LogP contribution >= 0.6 is 0 Å². The van der Waals surface area contributed by atoms with E-state index in [4.69, 9.17) is 0 Å². The van der Waals surface area contributed by atoms with Crippen molar-refractivity contribution in [2.75, 3.05) is 0 Å². The Kier molecular flexibility index (Phi) is 8.37. The lowest BCUT2D eigenvalue weighted by molar-refractivity contribution is -0.140. The first-order valence-electron chi connectivity index (χ1n) is 10.3. The standard InChI is InChI=1S/C22H32O8/c1-11-6-12(2)8-17(25)20(27)21(28)18(26)10-14(7-11)16(24)9-13-4-3-5-15(23)19(13)22(29)30/h3-5,11-12,14,16-17,20-21,23-25,27-28H,6-10H2,1-2H3,(H,29,30). The van der Waals surface area contributed by atoms with Crippen LogP contribution in [0.15, 0.2) is 18.2 Å². The second-order valence-electron chi connectivity index (χ2n) is 8.74. The van der Waals surface area contributed by atoms with E-state index < -0.39 is 47.8 Å². The van der Waals surface area contributed by atoms with Crippen LogP contribution in [0.1, 0.15) is 55.5 Å². The lowest BCUT2D eigenvalue weighted by atomic mass is 9.81. The van der Waals surface area contributed by atoms with Crippen LogP contribution in [0.25, 0.3) is 0 Å². The van der Waals surface area contributed by atoms with Gasteiger partial charge in [0.05, 0.1) is 12.2 Å². The minimum atomic E-state index is -1.76. The van der Waals surface area contributed by atoms with Gasteiger partial charge in [0.15, 0.2) is 5.78 Å². The van der Waals surface area contributed by atoms with Gasteiger partial charge in [-0.3, -0.25) is 4.79 Å². The van der Waals surface area contributed by atoms with Gasteiger partial charge < -0.3 is 30.6 Å². The maximum absolute atomic E-state index is 12.5. The summed E-state index contributed by atoms with van der Waals surface area (Å²) < 4.78 is 0.